The van der Waals surface area contributed by atoms with Crippen LogP contribution in [-0.4, -0.2) is 53.7 Å². The number of hydrogen-bond donors (Lipinski definition) is 1. The Labute approximate surface area is 173 Å². The Bertz CT molecular complexity index is 1040. The Hall–Kier alpha value is -3.87. The van der Waals surface area contributed by atoms with Gasteiger partial charge in [-0.3, -0.25) is 14.4 Å². The molecule has 152 valence electrons. The molecule has 1 saturated heterocycles. The van der Waals surface area contributed by atoms with Gasteiger partial charge in [0.25, 0.3) is 17.7 Å². The van der Waals surface area contributed by atoms with Gasteiger partial charge in [-0.15, -0.1) is 0 Å². The summed E-state index contributed by atoms with van der Waals surface area (Å²) < 4.78 is 5.16. The van der Waals surface area contributed by atoms with Crippen molar-refractivity contribution in [3.8, 4) is 0 Å². The Balaban J connectivity index is 1.38. The maximum Gasteiger partial charge on any atom is 0.289 e. The number of anilines is 1. The molecular formula is C23H21N3O4. The molecule has 0 aliphatic carbocycles. The molecule has 0 atom stereocenters. The van der Waals surface area contributed by atoms with Gasteiger partial charge in [-0.25, -0.2) is 0 Å². The summed E-state index contributed by atoms with van der Waals surface area (Å²) in [5.41, 5.74) is 1.60. The summed E-state index contributed by atoms with van der Waals surface area (Å²) in [5.74, 6) is -0.226. The number of hydrogen-bond acceptors (Lipinski definition) is 4. The van der Waals surface area contributed by atoms with E-state index in [1.807, 2.05) is 6.07 Å². The smallest absolute Gasteiger partial charge is 0.289 e. The van der Waals surface area contributed by atoms with Crippen LogP contribution in [0.3, 0.4) is 0 Å². The van der Waals surface area contributed by atoms with Gasteiger partial charge in [0.1, 0.15) is 0 Å². The molecule has 2 aromatic carbocycles. The van der Waals surface area contributed by atoms with Crippen LogP contribution in [-0.2, 0) is 0 Å². The molecule has 7 nitrogen and oxygen atoms in total. The van der Waals surface area contributed by atoms with Crippen molar-refractivity contribution < 1.29 is 18.8 Å². The van der Waals surface area contributed by atoms with E-state index >= 15 is 0 Å². The Morgan fingerprint density at radius 3 is 2.07 bits per heavy atom. The molecule has 3 amide bonds. The third-order valence-electron chi connectivity index (χ3n) is 4.99. The van der Waals surface area contributed by atoms with E-state index in [0.717, 1.165) is 0 Å². The number of amides is 3. The molecule has 3 aromatic rings. The van der Waals surface area contributed by atoms with E-state index in [1.54, 1.807) is 70.5 Å². The number of nitrogens with zero attached hydrogens (tertiary/aromatic N) is 2. The van der Waals surface area contributed by atoms with Gasteiger partial charge in [0.2, 0.25) is 0 Å². The summed E-state index contributed by atoms with van der Waals surface area (Å²) in [6, 6.07) is 19.1. The van der Waals surface area contributed by atoms with E-state index in [0.29, 0.717) is 48.8 Å². The normalized spacial score (nSPS) is 13.7. The zero-order chi connectivity index (χ0) is 20.9. The fourth-order valence-corrected chi connectivity index (χ4v) is 3.37. The number of rotatable bonds is 4. The maximum atomic E-state index is 12.9. The third-order valence-corrected chi connectivity index (χ3v) is 4.99. The van der Waals surface area contributed by atoms with Gasteiger partial charge < -0.3 is 19.5 Å². The van der Waals surface area contributed by atoms with Crippen LogP contribution in [0.1, 0.15) is 31.3 Å². The standard InChI is InChI=1S/C23H21N3O4/c27-21(17-6-2-1-3-7-17)24-19-9-4-8-18(16-19)22(28)25-11-13-26(14-12-25)23(29)20-10-5-15-30-20/h1-10,15-16H,11-14H2,(H,24,27). The van der Waals surface area contributed by atoms with Crippen LogP contribution in [0.5, 0.6) is 0 Å². The van der Waals surface area contributed by atoms with Crippen LogP contribution in [0.2, 0.25) is 0 Å². The molecule has 1 aliphatic heterocycles. The van der Waals surface area contributed by atoms with Crippen LogP contribution < -0.4 is 5.32 Å². The summed E-state index contributed by atoms with van der Waals surface area (Å²) >= 11 is 0. The van der Waals surface area contributed by atoms with Crippen LogP contribution in [0.4, 0.5) is 5.69 Å². The summed E-state index contributed by atoms with van der Waals surface area (Å²) in [6.45, 7) is 1.75. The highest BCUT2D eigenvalue weighted by Gasteiger charge is 2.26. The zero-order valence-corrected chi connectivity index (χ0v) is 16.3. The van der Waals surface area contributed by atoms with Gasteiger partial charge in [0.15, 0.2) is 5.76 Å². The van der Waals surface area contributed by atoms with Crippen molar-refractivity contribution in [2.75, 3.05) is 31.5 Å². The number of nitrogens with one attached hydrogen (secondary N) is 1. The second-order valence-electron chi connectivity index (χ2n) is 6.96. The molecule has 1 aliphatic rings. The van der Waals surface area contributed by atoms with Crippen molar-refractivity contribution in [3.63, 3.8) is 0 Å². The van der Waals surface area contributed by atoms with Crippen molar-refractivity contribution in [2.24, 2.45) is 0 Å². The Morgan fingerprint density at radius 2 is 1.40 bits per heavy atom. The van der Waals surface area contributed by atoms with Gasteiger partial charge in [-0.2, -0.15) is 0 Å². The highest BCUT2D eigenvalue weighted by Crippen LogP contribution is 2.16. The molecule has 1 fully saturated rings. The van der Waals surface area contributed by atoms with Gasteiger partial charge in [0.05, 0.1) is 6.26 Å². The maximum absolute atomic E-state index is 12.9. The van der Waals surface area contributed by atoms with Crippen molar-refractivity contribution in [1.82, 2.24) is 9.80 Å². The van der Waals surface area contributed by atoms with Gasteiger partial charge in [0, 0.05) is 43.0 Å². The quantitative estimate of drug-likeness (QED) is 0.726. The zero-order valence-electron chi connectivity index (χ0n) is 16.3. The number of furan rings is 1. The average molecular weight is 403 g/mol. The molecule has 7 heteroatoms. The van der Waals surface area contributed by atoms with Crippen LogP contribution in [0.25, 0.3) is 0 Å². The van der Waals surface area contributed by atoms with E-state index < -0.39 is 0 Å². The second-order valence-corrected chi connectivity index (χ2v) is 6.96. The first-order valence-corrected chi connectivity index (χ1v) is 9.70. The van der Waals surface area contributed by atoms with Crippen molar-refractivity contribution in [1.29, 1.82) is 0 Å². The fraction of sp³-hybridized carbons (Fsp3) is 0.174. The van der Waals surface area contributed by atoms with Gasteiger partial charge in [-0.1, -0.05) is 24.3 Å². The van der Waals surface area contributed by atoms with Crippen LogP contribution >= 0.6 is 0 Å². The minimum Gasteiger partial charge on any atom is -0.459 e. The van der Waals surface area contributed by atoms with Crippen molar-refractivity contribution in [2.45, 2.75) is 0 Å². The van der Waals surface area contributed by atoms with E-state index in [9.17, 15) is 14.4 Å². The molecule has 1 aromatic heterocycles. The molecule has 0 unspecified atom stereocenters. The number of carbonyl (C=O) groups excluding carboxylic acids is 3. The first kappa shape index (κ1) is 19.4. The van der Waals surface area contributed by atoms with Crippen molar-refractivity contribution in [3.05, 3.63) is 89.9 Å². The lowest BCUT2D eigenvalue weighted by molar-refractivity contribution is 0.0518. The Kier molecular flexibility index (Phi) is 5.61. The van der Waals surface area contributed by atoms with Gasteiger partial charge >= 0.3 is 0 Å². The molecule has 0 bridgehead atoms. The molecule has 2 heterocycles. The number of benzene rings is 2. The van der Waals surface area contributed by atoms with E-state index in [2.05, 4.69) is 5.32 Å². The van der Waals surface area contributed by atoms with E-state index in [4.69, 9.17) is 4.42 Å². The largest absolute Gasteiger partial charge is 0.459 e. The predicted octanol–water partition coefficient (Wildman–Crippen LogP) is 3.13. The molecular weight excluding hydrogens is 382 g/mol. The first-order chi connectivity index (χ1) is 14.6. The summed E-state index contributed by atoms with van der Waals surface area (Å²) in [6.07, 6.45) is 1.47. The van der Waals surface area contributed by atoms with Crippen LogP contribution in [0, 0.1) is 0 Å². The minimum atomic E-state index is -0.231. The SMILES string of the molecule is O=C(Nc1cccc(C(=O)N2CCN(C(=O)c3ccco3)CC2)c1)c1ccccc1. The second kappa shape index (κ2) is 8.65. The highest BCUT2D eigenvalue weighted by molar-refractivity contribution is 6.05. The summed E-state index contributed by atoms with van der Waals surface area (Å²) in [5, 5.41) is 2.82. The molecule has 0 saturated carbocycles. The molecule has 30 heavy (non-hydrogen) atoms. The first-order valence-electron chi connectivity index (χ1n) is 9.70. The molecule has 1 N–H and O–H groups in total. The lowest BCUT2D eigenvalue weighted by Gasteiger charge is -2.34. The predicted molar refractivity (Wildman–Crippen MR) is 111 cm³/mol. The monoisotopic (exact) mass is 403 g/mol. The number of carbonyl (C=O) groups is 3. The fourth-order valence-electron chi connectivity index (χ4n) is 3.37. The highest BCUT2D eigenvalue weighted by atomic mass is 16.3. The molecule has 0 spiro atoms. The average Bonchev–Trinajstić information content (AvgIpc) is 3.34. The summed E-state index contributed by atoms with van der Waals surface area (Å²) in [7, 11) is 0. The Morgan fingerprint density at radius 1 is 0.733 bits per heavy atom. The van der Waals surface area contributed by atoms with Crippen molar-refractivity contribution >= 4 is 23.4 Å². The molecule has 0 radical (unpaired) electrons. The lowest BCUT2D eigenvalue weighted by atomic mass is 10.1. The van der Waals surface area contributed by atoms with Gasteiger partial charge in [-0.05, 0) is 42.5 Å². The third kappa shape index (κ3) is 4.25. The number of piperazine rings is 1. The van der Waals surface area contributed by atoms with Crippen LogP contribution in [0.15, 0.2) is 77.4 Å². The molecule has 4 rings (SSSR count). The minimum absolute atomic E-state index is 0.129. The summed E-state index contributed by atoms with van der Waals surface area (Å²) in [4.78, 5) is 41.0. The lowest BCUT2D eigenvalue weighted by Crippen LogP contribution is -2.50. The van der Waals surface area contributed by atoms with E-state index in [-0.39, 0.29) is 17.7 Å². The topological polar surface area (TPSA) is 82.9 Å². The van der Waals surface area contributed by atoms with E-state index in [1.165, 1.54) is 6.26 Å².